The Bertz CT molecular complexity index is 1890. The number of nitrogens with zero attached hydrogens (tertiary/aromatic N) is 3. The average molecular weight is 780 g/mol. The van der Waals surface area contributed by atoms with E-state index in [0.717, 1.165) is 72.3 Å². The van der Waals surface area contributed by atoms with Crippen molar-refractivity contribution in [3.05, 3.63) is 105 Å². The van der Waals surface area contributed by atoms with Crippen LogP contribution in [0.5, 0.6) is 17.2 Å². The lowest BCUT2D eigenvalue weighted by Gasteiger charge is -2.31. The number of piperidine rings is 1. The van der Waals surface area contributed by atoms with E-state index in [1.165, 1.54) is 13.1 Å². The molecule has 11 nitrogen and oxygen atoms in total. The minimum absolute atomic E-state index is 0.213. The van der Waals surface area contributed by atoms with Crippen molar-refractivity contribution in [2.75, 3.05) is 39.5 Å². The molecule has 1 aliphatic heterocycles. The molecule has 1 aliphatic rings. The van der Waals surface area contributed by atoms with Crippen LogP contribution in [0.25, 0.3) is 11.1 Å². The third-order valence-electron chi connectivity index (χ3n) is 9.17. The summed E-state index contributed by atoms with van der Waals surface area (Å²) in [5, 5.41) is 35.8. The summed E-state index contributed by atoms with van der Waals surface area (Å²) in [6.45, 7) is 7.72. The molecule has 0 radical (unpaired) electrons. The summed E-state index contributed by atoms with van der Waals surface area (Å²) in [5.74, 6) is 0.476. The Morgan fingerprint density at radius 2 is 1.78 bits per heavy atom. The minimum Gasteiger partial charge on any atom is -0.492 e. The predicted octanol–water partition coefficient (Wildman–Crippen LogP) is 7.02. The molecule has 1 saturated heterocycles. The van der Waals surface area contributed by atoms with Gasteiger partial charge in [-0.3, -0.25) is 9.78 Å². The van der Waals surface area contributed by atoms with Crippen molar-refractivity contribution >= 4 is 29.2 Å². The van der Waals surface area contributed by atoms with Crippen LogP contribution in [0.1, 0.15) is 54.0 Å². The first-order valence-electron chi connectivity index (χ1n) is 17.9. The molecule has 13 heteroatoms. The van der Waals surface area contributed by atoms with E-state index in [1.54, 1.807) is 24.4 Å². The number of nitrogens with two attached hydrogens (primary N) is 1. The van der Waals surface area contributed by atoms with Gasteiger partial charge in [-0.25, -0.2) is 0 Å². The van der Waals surface area contributed by atoms with Crippen molar-refractivity contribution in [2.45, 2.75) is 52.9 Å². The maximum atomic E-state index is 9.77. The van der Waals surface area contributed by atoms with Crippen molar-refractivity contribution < 1.29 is 34.3 Å². The number of aromatic nitrogens is 1. The number of likely N-dealkylation sites (tertiary alicyclic amines) is 1. The molecule has 1 fully saturated rings. The normalized spacial score (nSPS) is 14.7. The summed E-state index contributed by atoms with van der Waals surface area (Å²) >= 11 is 13.5. The second-order valence-corrected chi connectivity index (χ2v) is 14.0. The van der Waals surface area contributed by atoms with Crippen LogP contribution in [0.3, 0.4) is 0 Å². The fourth-order valence-corrected chi connectivity index (χ4v) is 6.46. The highest BCUT2D eigenvalue weighted by atomic mass is 35.5. The molecule has 4 aromatic rings. The van der Waals surface area contributed by atoms with Gasteiger partial charge in [-0.05, 0) is 80.5 Å². The lowest BCUT2D eigenvalue weighted by atomic mass is 9.96. The van der Waals surface area contributed by atoms with E-state index in [0.29, 0.717) is 45.4 Å². The van der Waals surface area contributed by atoms with Gasteiger partial charge >= 0.3 is 5.97 Å². The first kappa shape index (κ1) is 42.3. The highest BCUT2D eigenvalue weighted by Crippen LogP contribution is 2.38. The van der Waals surface area contributed by atoms with E-state index in [4.69, 9.17) is 58.6 Å². The Morgan fingerprint density at radius 3 is 2.48 bits per heavy atom. The minimum atomic E-state index is -0.956. The maximum Gasteiger partial charge on any atom is 0.308 e. The van der Waals surface area contributed by atoms with Gasteiger partial charge in [0.15, 0.2) is 0 Å². The van der Waals surface area contributed by atoms with Gasteiger partial charge in [0.1, 0.15) is 36.5 Å². The first-order chi connectivity index (χ1) is 26.1. The smallest absolute Gasteiger partial charge is 0.308 e. The second-order valence-electron chi connectivity index (χ2n) is 13.2. The van der Waals surface area contributed by atoms with E-state index in [-0.39, 0.29) is 33.0 Å². The number of hydrogen-bond acceptors (Lipinski definition) is 10. The first-order valence-corrected chi connectivity index (χ1v) is 18.6. The number of carboxylic acids is 1. The van der Waals surface area contributed by atoms with E-state index < -0.39 is 11.9 Å². The van der Waals surface area contributed by atoms with Crippen LogP contribution in [-0.2, 0) is 24.6 Å². The molecule has 5 rings (SSSR count). The number of carboxylic acid groups (broad SMARTS) is 1. The number of aliphatic hydroxyl groups is 2. The third kappa shape index (κ3) is 12.0. The molecule has 1 aromatic heterocycles. The molecule has 54 heavy (non-hydrogen) atoms. The van der Waals surface area contributed by atoms with E-state index in [1.807, 2.05) is 43.3 Å². The molecule has 0 spiro atoms. The van der Waals surface area contributed by atoms with E-state index >= 15 is 0 Å². The fraction of sp³-hybridized carbons (Fsp3) is 0.390. The van der Waals surface area contributed by atoms with Crippen LogP contribution in [0.15, 0.2) is 67.0 Å². The van der Waals surface area contributed by atoms with Gasteiger partial charge < -0.3 is 40.2 Å². The number of ether oxygens (including phenoxy) is 3. The van der Waals surface area contributed by atoms with Gasteiger partial charge in [-0.2, -0.15) is 5.26 Å². The van der Waals surface area contributed by atoms with Gasteiger partial charge in [-0.1, -0.05) is 53.5 Å². The SMILES string of the molecule is CC(CO)C(=O)O.Cc1c(COc2cc(OCc3cncc(C#N)c3)c(CN)cc2Cl)cccc1-c1cccc(OCCCN2CCCC(CO)C2)c1Cl. The Balaban J connectivity index is 0.000000845. The topological polar surface area (TPSA) is 171 Å². The summed E-state index contributed by atoms with van der Waals surface area (Å²) in [5.41, 5.74) is 11.8. The van der Waals surface area contributed by atoms with E-state index in [9.17, 15) is 9.90 Å². The maximum absolute atomic E-state index is 9.77. The Kier molecular flexibility index (Phi) is 16.8. The average Bonchev–Trinajstić information content (AvgIpc) is 3.19. The third-order valence-corrected chi connectivity index (χ3v) is 9.85. The van der Waals surface area contributed by atoms with Crippen molar-refractivity contribution in [2.24, 2.45) is 17.6 Å². The molecule has 0 aliphatic carbocycles. The van der Waals surface area contributed by atoms with Crippen molar-refractivity contribution in [3.8, 4) is 34.4 Å². The lowest BCUT2D eigenvalue weighted by Crippen LogP contribution is -2.37. The quantitative estimate of drug-likeness (QED) is 0.0862. The van der Waals surface area contributed by atoms with Crippen molar-refractivity contribution in [1.29, 1.82) is 5.26 Å². The number of benzene rings is 3. The molecular formula is C41H48Cl2N4O7. The van der Waals surface area contributed by atoms with Gasteiger partial charge in [0.05, 0.1) is 34.7 Å². The zero-order valence-electron chi connectivity index (χ0n) is 30.6. The number of aliphatic carboxylic acids is 1. The fourth-order valence-electron chi connectivity index (χ4n) is 5.94. The van der Waals surface area contributed by atoms with E-state index in [2.05, 4.69) is 16.0 Å². The van der Waals surface area contributed by atoms with Gasteiger partial charge in [0.25, 0.3) is 0 Å². The molecular weight excluding hydrogens is 731 g/mol. The molecule has 2 heterocycles. The predicted molar refractivity (Wildman–Crippen MR) is 209 cm³/mol. The number of nitriles is 1. The Labute approximate surface area is 326 Å². The molecule has 288 valence electrons. The second kappa shape index (κ2) is 21.5. The summed E-state index contributed by atoms with van der Waals surface area (Å²) in [4.78, 5) is 16.3. The molecule has 0 amide bonds. The zero-order valence-corrected chi connectivity index (χ0v) is 32.2. The Morgan fingerprint density at radius 1 is 1.02 bits per heavy atom. The number of halogens is 2. The number of aliphatic hydroxyl groups excluding tert-OH is 2. The van der Waals surface area contributed by atoms with Gasteiger partial charge in [0.2, 0.25) is 0 Å². The van der Waals surface area contributed by atoms with Crippen molar-refractivity contribution in [1.82, 2.24) is 9.88 Å². The van der Waals surface area contributed by atoms with Crippen LogP contribution < -0.4 is 19.9 Å². The van der Waals surface area contributed by atoms with Crippen molar-refractivity contribution in [3.63, 3.8) is 0 Å². The number of hydrogen-bond donors (Lipinski definition) is 4. The van der Waals surface area contributed by atoms with Crippen LogP contribution in [-0.4, -0.2) is 70.6 Å². The number of pyridine rings is 1. The summed E-state index contributed by atoms with van der Waals surface area (Å²) < 4.78 is 18.4. The number of rotatable bonds is 16. The largest absolute Gasteiger partial charge is 0.492 e. The Hall–Kier alpha value is -4.41. The summed E-state index contributed by atoms with van der Waals surface area (Å²) in [6, 6.07) is 19.2. The molecule has 2 unspecified atom stereocenters. The molecule has 0 bridgehead atoms. The zero-order chi connectivity index (χ0) is 39.0. The highest BCUT2D eigenvalue weighted by molar-refractivity contribution is 6.35. The summed E-state index contributed by atoms with van der Waals surface area (Å²) in [6.07, 6.45) is 6.28. The number of carbonyl (C=O) groups is 1. The van der Waals surface area contributed by atoms with Gasteiger partial charge in [-0.15, -0.1) is 0 Å². The highest BCUT2D eigenvalue weighted by Gasteiger charge is 2.19. The van der Waals surface area contributed by atoms with Crippen LogP contribution >= 0.6 is 23.2 Å². The standard InChI is InChI=1S/C37H40Cl2N4O4.C4H8O3/c1-25-29(24-47-36-16-35(30(18-41)15-33(36)38)46-23-28-14-27(17-40)19-42-20-28)7-2-8-31(25)32-9-3-10-34(37(32)39)45-13-5-12-43-11-4-6-26(21-43)22-44;1-3(2-5)4(6)7/h2-3,7-10,14-16,19-20,26,44H,4-6,11-13,18,21-24,41H2,1H3;3,5H,2H2,1H3,(H,6,7). The molecule has 0 saturated carbocycles. The summed E-state index contributed by atoms with van der Waals surface area (Å²) in [7, 11) is 0. The van der Waals surface area contributed by atoms with Crippen LogP contribution in [0, 0.1) is 30.1 Å². The monoisotopic (exact) mass is 778 g/mol. The molecule has 2 atom stereocenters. The molecule has 3 aromatic carbocycles. The van der Waals surface area contributed by atoms with Gasteiger partial charge in [0, 0.05) is 61.4 Å². The van der Waals surface area contributed by atoms with Crippen LogP contribution in [0.2, 0.25) is 10.0 Å². The molecule has 5 N–H and O–H groups in total. The lowest BCUT2D eigenvalue weighted by molar-refractivity contribution is -0.142. The van der Waals surface area contributed by atoms with Crippen LogP contribution in [0.4, 0.5) is 0 Å².